The molecule has 1 fully saturated rings. The first-order valence-electron chi connectivity index (χ1n) is 6.94. The molecule has 3 rings (SSSR count). The Morgan fingerprint density at radius 1 is 1.28 bits per heavy atom. The van der Waals surface area contributed by atoms with E-state index in [4.69, 9.17) is 0 Å². The van der Waals surface area contributed by atoms with Crippen LogP contribution in [0, 0.1) is 5.92 Å². The number of halogens is 1. The van der Waals surface area contributed by atoms with Gasteiger partial charge in [-0.05, 0) is 48.8 Å². The van der Waals surface area contributed by atoms with Gasteiger partial charge in [0, 0.05) is 23.2 Å². The highest BCUT2D eigenvalue weighted by Gasteiger charge is 2.31. The molecule has 0 amide bonds. The van der Waals surface area contributed by atoms with Crippen molar-refractivity contribution < 1.29 is 5.11 Å². The second-order valence-corrected chi connectivity index (χ2v) is 6.40. The van der Waals surface area contributed by atoms with Gasteiger partial charge in [0.1, 0.15) is 0 Å². The Morgan fingerprint density at radius 3 is 3.00 bits per heavy atom. The van der Waals surface area contributed by atoms with Crippen LogP contribution < -0.4 is 5.32 Å². The number of nitrogens with one attached hydrogen (secondary N) is 1. The molecule has 1 saturated carbocycles. The number of aliphatic hydroxyl groups is 1. The number of hydrogen-bond donors (Lipinski definition) is 2. The molecule has 1 aromatic carbocycles. The molecule has 3 unspecified atom stereocenters. The summed E-state index contributed by atoms with van der Waals surface area (Å²) in [4.78, 5) is 0. The maximum Gasteiger partial charge on any atom is 0.0474 e. The highest BCUT2D eigenvalue weighted by Crippen LogP contribution is 2.37. The maximum atomic E-state index is 9.40. The van der Waals surface area contributed by atoms with Crippen LogP contribution in [0.1, 0.15) is 42.9 Å². The molecule has 0 saturated heterocycles. The molecule has 3 heteroatoms. The first-order chi connectivity index (χ1) is 8.79. The van der Waals surface area contributed by atoms with Gasteiger partial charge in [0.2, 0.25) is 0 Å². The Balaban J connectivity index is 1.75. The Morgan fingerprint density at radius 2 is 2.17 bits per heavy atom. The van der Waals surface area contributed by atoms with Crippen LogP contribution >= 0.6 is 15.9 Å². The summed E-state index contributed by atoms with van der Waals surface area (Å²) in [5.41, 5.74) is 2.92. The normalized spacial score (nSPS) is 30.7. The lowest BCUT2D eigenvalue weighted by Crippen LogP contribution is -2.36. The molecule has 0 radical (unpaired) electrons. The predicted octanol–water partition coefficient (Wildman–Crippen LogP) is 3.19. The monoisotopic (exact) mass is 309 g/mol. The molecule has 18 heavy (non-hydrogen) atoms. The van der Waals surface area contributed by atoms with Crippen molar-refractivity contribution in [2.75, 3.05) is 6.61 Å². The summed E-state index contributed by atoms with van der Waals surface area (Å²) >= 11 is 3.65. The topological polar surface area (TPSA) is 32.3 Å². The average molecular weight is 310 g/mol. The van der Waals surface area contributed by atoms with E-state index in [0.29, 0.717) is 24.6 Å². The Bertz CT molecular complexity index is 435. The van der Waals surface area contributed by atoms with Crippen molar-refractivity contribution in [3.8, 4) is 0 Å². The summed E-state index contributed by atoms with van der Waals surface area (Å²) < 4.78 is 1.24. The lowest BCUT2D eigenvalue weighted by molar-refractivity contribution is 0.199. The number of rotatable bonds is 3. The van der Waals surface area contributed by atoms with E-state index in [1.54, 1.807) is 0 Å². The Labute approximate surface area is 117 Å². The van der Waals surface area contributed by atoms with E-state index in [0.717, 1.165) is 6.42 Å². The van der Waals surface area contributed by atoms with Gasteiger partial charge in [-0.15, -0.1) is 0 Å². The minimum atomic E-state index is 0.329. The van der Waals surface area contributed by atoms with Gasteiger partial charge in [0.15, 0.2) is 0 Å². The summed E-state index contributed by atoms with van der Waals surface area (Å²) in [6.07, 6.45) is 5.98. The zero-order valence-corrected chi connectivity index (χ0v) is 12.1. The van der Waals surface area contributed by atoms with E-state index in [1.807, 2.05) is 0 Å². The Kier molecular flexibility index (Phi) is 3.73. The minimum absolute atomic E-state index is 0.329. The molecule has 0 aromatic heterocycles. The third kappa shape index (κ3) is 2.24. The molecular formula is C15H20BrNO. The SMILES string of the molecule is OCC1CCCC1NC1CCc2c(Br)cccc21. The summed E-state index contributed by atoms with van der Waals surface area (Å²) in [5.74, 6) is 0.459. The summed E-state index contributed by atoms with van der Waals surface area (Å²) in [6, 6.07) is 7.49. The van der Waals surface area contributed by atoms with Crippen molar-refractivity contribution in [3.63, 3.8) is 0 Å². The third-order valence-corrected chi connectivity index (χ3v) is 5.27. The van der Waals surface area contributed by atoms with Gasteiger partial charge < -0.3 is 10.4 Å². The van der Waals surface area contributed by atoms with Gasteiger partial charge in [0.05, 0.1) is 0 Å². The fraction of sp³-hybridized carbons (Fsp3) is 0.600. The third-order valence-electron chi connectivity index (χ3n) is 4.52. The zero-order chi connectivity index (χ0) is 12.5. The first-order valence-corrected chi connectivity index (χ1v) is 7.73. The minimum Gasteiger partial charge on any atom is -0.396 e. The number of benzene rings is 1. The van der Waals surface area contributed by atoms with Gasteiger partial charge in [-0.3, -0.25) is 0 Å². The van der Waals surface area contributed by atoms with Gasteiger partial charge in [-0.25, -0.2) is 0 Å². The van der Waals surface area contributed by atoms with Crippen LogP contribution in [0.3, 0.4) is 0 Å². The zero-order valence-electron chi connectivity index (χ0n) is 10.5. The number of hydrogen-bond acceptors (Lipinski definition) is 2. The molecule has 2 N–H and O–H groups in total. The highest BCUT2D eigenvalue weighted by molar-refractivity contribution is 9.10. The molecule has 2 aliphatic rings. The summed E-state index contributed by atoms with van der Waals surface area (Å²) in [7, 11) is 0. The van der Waals surface area contributed by atoms with Crippen LogP contribution in [-0.4, -0.2) is 17.8 Å². The lowest BCUT2D eigenvalue weighted by Gasteiger charge is -2.24. The van der Waals surface area contributed by atoms with Gasteiger partial charge in [-0.2, -0.15) is 0 Å². The molecule has 1 aromatic rings. The molecule has 3 atom stereocenters. The van der Waals surface area contributed by atoms with Crippen LogP contribution in [0.15, 0.2) is 22.7 Å². The predicted molar refractivity (Wildman–Crippen MR) is 76.6 cm³/mol. The van der Waals surface area contributed by atoms with E-state index in [9.17, 15) is 5.11 Å². The second kappa shape index (κ2) is 5.32. The van der Waals surface area contributed by atoms with E-state index in [2.05, 4.69) is 39.4 Å². The van der Waals surface area contributed by atoms with Crippen molar-refractivity contribution >= 4 is 15.9 Å². The first kappa shape index (κ1) is 12.6. The standard InChI is InChI=1S/C15H20BrNO/c16-13-5-2-4-12-11(13)7-8-15(12)17-14-6-1-3-10(14)9-18/h2,4-5,10,14-15,17-18H,1,3,6-9H2. The molecule has 0 spiro atoms. The smallest absolute Gasteiger partial charge is 0.0474 e. The van der Waals surface area contributed by atoms with Gasteiger partial charge in [-0.1, -0.05) is 34.5 Å². The Hall–Kier alpha value is -0.380. The summed E-state index contributed by atoms with van der Waals surface area (Å²) in [5, 5.41) is 13.2. The fourth-order valence-electron chi connectivity index (χ4n) is 3.52. The molecule has 0 bridgehead atoms. The van der Waals surface area contributed by atoms with Crippen LogP contribution in [0.25, 0.3) is 0 Å². The van der Waals surface area contributed by atoms with Gasteiger partial charge >= 0.3 is 0 Å². The van der Waals surface area contributed by atoms with Gasteiger partial charge in [0.25, 0.3) is 0 Å². The van der Waals surface area contributed by atoms with E-state index in [1.165, 1.54) is 41.3 Å². The van der Waals surface area contributed by atoms with Crippen LogP contribution in [0.5, 0.6) is 0 Å². The fourth-order valence-corrected chi connectivity index (χ4v) is 4.10. The largest absolute Gasteiger partial charge is 0.396 e. The molecule has 0 aliphatic heterocycles. The molecule has 2 nitrogen and oxygen atoms in total. The van der Waals surface area contributed by atoms with Crippen LogP contribution in [-0.2, 0) is 6.42 Å². The molecule has 0 heterocycles. The average Bonchev–Trinajstić information content (AvgIpc) is 2.98. The van der Waals surface area contributed by atoms with Crippen LogP contribution in [0.4, 0.5) is 0 Å². The van der Waals surface area contributed by atoms with E-state index >= 15 is 0 Å². The maximum absolute atomic E-state index is 9.40. The highest BCUT2D eigenvalue weighted by atomic mass is 79.9. The molecule has 2 aliphatic carbocycles. The lowest BCUT2D eigenvalue weighted by atomic mass is 10.0. The van der Waals surface area contributed by atoms with Crippen molar-refractivity contribution in [2.24, 2.45) is 5.92 Å². The van der Waals surface area contributed by atoms with Crippen LogP contribution in [0.2, 0.25) is 0 Å². The van der Waals surface area contributed by atoms with E-state index < -0.39 is 0 Å². The quantitative estimate of drug-likeness (QED) is 0.899. The van der Waals surface area contributed by atoms with Crippen molar-refractivity contribution in [1.29, 1.82) is 0 Å². The van der Waals surface area contributed by atoms with Crippen molar-refractivity contribution in [3.05, 3.63) is 33.8 Å². The molecular weight excluding hydrogens is 290 g/mol. The number of aliphatic hydroxyl groups excluding tert-OH is 1. The molecule has 98 valence electrons. The second-order valence-electron chi connectivity index (χ2n) is 5.55. The van der Waals surface area contributed by atoms with Crippen molar-refractivity contribution in [2.45, 2.75) is 44.2 Å². The number of fused-ring (bicyclic) bond motifs is 1. The van der Waals surface area contributed by atoms with Crippen molar-refractivity contribution in [1.82, 2.24) is 5.32 Å². The summed E-state index contributed by atoms with van der Waals surface area (Å²) in [6.45, 7) is 0.329. The van der Waals surface area contributed by atoms with E-state index in [-0.39, 0.29) is 0 Å².